The maximum atomic E-state index is 5.26. The molecule has 0 saturated heterocycles. The number of para-hydroxylation sites is 2. The van der Waals surface area contributed by atoms with Crippen LogP contribution in [-0.4, -0.2) is 13.2 Å². The van der Waals surface area contributed by atoms with Gasteiger partial charge in [-0.1, -0.05) is 26.0 Å². The molecule has 1 aromatic rings. The van der Waals surface area contributed by atoms with Crippen molar-refractivity contribution < 1.29 is 4.74 Å². The molecule has 2 nitrogen and oxygen atoms in total. The molecule has 1 atom stereocenters. The molecule has 0 aliphatic rings. The summed E-state index contributed by atoms with van der Waals surface area (Å²) >= 11 is 0. The summed E-state index contributed by atoms with van der Waals surface area (Å²) in [5.41, 5.74) is 1.07. The molecular weight excluding hydrogens is 174 g/mol. The number of methoxy groups -OCH3 is 1. The third kappa shape index (κ3) is 2.66. The van der Waals surface area contributed by atoms with Gasteiger partial charge in [0.25, 0.3) is 0 Å². The molecule has 1 rings (SSSR count). The highest BCUT2D eigenvalue weighted by Crippen LogP contribution is 2.24. The number of rotatable bonds is 4. The van der Waals surface area contributed by atoms with Crippen LogP contribution in [0.4, 0.5) is 5.69 Å². The summed E-state index contributed by atoms with van der Waals surface area (Å²) in [5, 5.41) is 3.44. The lowest BCUT2D eigenvalue weighted by Crippen LogP contribution is -2.21. The normalized spacial score (nSPS) is 12.6. The second-order valence-electron chi connectivity index (χ2n) is 3.88. The van der Waals surface area contributed by atoms with Crippen molar-refractivity contribution in [3.05, 3.63) is 24.3 Å². The van der Waals surface area contributed by atoms with Crippen molar-refractivity contribution in [2.24, 2.45) is 5.92 Å². The quantitative estimate of drug-likeness (QED) is 0.793. The minimum atomic E-state index is 0.450. The highest BCUT2D eigenvalue weighted by molar-refractivity contribution is 5.56. The van der Waals surface area contributed by atoms with Crippen LogP contribution in [0.5, 0.6) is 5.75 Å². The largest absolute Gasteiger partial charge is 0.495 e. The van der Waals surface area contributed by atoms with Gasteiger partial charge in [-0.05, 0) is 25.0 Å². The molecule has 0 aromatic heterocycles. The van der Waals surface area contributed by atoms with Crippen LogP contribution >= 0.6 is 0 Å². The highest BCUT2D eigenvalue weighted by Gasteiger charge is 2.08. The number of hydrogen-bond acceptors (Lipinski definition) is 2. The Morgan fingerprint density at radius 3 is 2.36 bits per heavy atom. The van der Waals surface area contributed by atoms with E-state index in [2.05, 4.69) is 26.1 Å². The average molecular weight is 193 g/mol. The first-order valence-corrected chi connectivity index (χ1v) is 5.04. The zero-order valence-electron chi connectivity index (χ0n) is 9.37. The molecule has 0 heterocycles. The van der Waals surface area contributed by atoms with Gasteiger partial charge < -0.3 is 10.1 Å². The number of ether oxygens (including phenoxy) is 1. The molecule has 0 aliphatic carbocycles. The summed E-state index contributed by atoms with van der Waals surface area (Å²) in [7, 11) is 1.69. The fourth-order valence-electron chi connectivity index (χ4n) is 1.18. The number of benzene rings is 1. The Kier molecular flexibility index (Phi) is 3.81. The minimum absolute atomic E-state index is 0.450. The van der Waals surface area contributed by atoms with Gasteiger partial charge in [0, 0.05) is 6.04 Å². The molecule has 14 heavy (non-hydrogen) atoms. The fourth-order valence-corrected chi connectivity index (χ4v) is 1.18. The molecule has 0 saturated carbocycles. The minimum Gasteiger partial charge on any atom is -0.495 e. The van der Waals surface area contributed by atoms with E-state index in [0.29, 0.717) is 12.0 Å². The second kappa shape index (κ2) is 4.89. The molecule has 0 spiro atoms. The van der Waals surface area contributed by atoms with E-state index in [0.717, 1.165) is 11.4 Å². The summed E-state index contributed by atoms with van der Waals surface area (Å²) in [4.78, 5) is 0. The Labute approximate surface area is 86.3 Å². The van der Waals surface area contributed by atoms with Gasteiger partial charge in [-0.25, -0.2) is 0 Å². The smallest absolute Gasteiger partial charge is 0.141 e. The van der Waals surface area contributed by atoms with Crippen LogP contribution in [0, 0.1) is 5.92 Å². The number of nitrogens with one attached hydrogen (secondary N) is 1. The van der Waals surface area contributed by atoms with Crippen LogP contribution in [0.3, 0.4) is 0 Å². The summed E-state index contributed by atoms with van der Waals surface area (Å²) < 4.78 is 5.26. The summed E-state index contributed by atoms with van der Waals surface area (Å²) in [6.07, 6.45) is 0. The highest BCUT2D eigenvalue weighted by atomic mass is 16.5. The molecule has 1 N–H and O–H groups in total. The molecular formula is C12H19NO. The lowest BCUT2D eigenvalue weighted by molar-refractivity contribution is 0.415. The molecule has 0 amide bonds. The Morgan fingerprint density at radius 1 is 1.14 bits per heavy atom. The zero-order valence-corrected chi connectivity index (χ0v) is 9.37. The maximum absolute atomic E-state index is 5.26. The molecule has 78 valence electrons. The third-order valence-corrected chi connectivity index (χ3v) is 2.49. The maximum Gasteiger partial charge on any atom is 0.141 e. The Bertz CT molecular complexity index is 283. The van der Waals surface area contributed by atoms with E-state index in [1.165, 1.54) is 0 Å². The van der Waals surface area contributed by atoms with Gasteiger partial charge >= 0.3 is 0 Å². The second-order valence-corrected chi connectivity index (χ2v) is 3.88. The standard InChI is InChI=1S/C12H19NO/c1-9(2)10(3)13-11-7-5-6-8-12(11)14-4/h5-10,13H,1-4H3/t10-/m1/s1. The molecule has 0 fully saturated rings. The van der Waals surface area contributed by atoms with Crippen molar-refractivity contribution in [3.63, 3.8) is 0 Å². The average Bonchev–Trinajstić information content (AvgIpc) is 2.18. The molecule has 0 bridgehead atoms. The number of hydrogen-bond donors (Lipinski definition) is 1. The van der Waals surface area contributed by atoms with Crippen molar-refractivity contribution >= 4 is 5.69 Å². The van der Waals surface area contributed by atoms with Crippen LogP contribution in [0.1, 0.15) is 20.8 Å². The first-order valence-electron chi connectivity index (χ1n) is 5.04. The van der Waals surface area contributed by atoms with Crippen molar-refractivity contribution in [3.8, 4) is 5.75 Å². The number of anilines is 1. The predicted octanol–water partition coefficient (Wildman–Crippen LogP) is 3.15. The lowest BCUT2D eigenvalue weighted by atomic mass is 10.1. The van der Waals surface area contributed by atoms with E-state index in [4.69, 9.17) is 4.74 Å². The molecule has 0 unspecified atom stereocenters. The van der Waals surface area contributed by atoms with E-state index in [1.54, 1.807) is 7.11 Å². The van der Waals surface area contributed by atoms with Crippen molar-refractivity contribution in [2.75, 3.05) is 12.4 Å². The first-order chi connectivity index (χ1) is 6.65. The van der Waals surface area contributed by atoms with Crippen LogP contribution in [-0.2, 0) is 0 Å². The third-order valence-electron chi connectivity index (χ3n) is 2.49. The van der Waals surface area contributed by atoms with E-state index >= 15 is 0 Å². The van der Waals surface area contributed by atoms with Gasteiger partial charge in [0.15, 0.2) is 0 Å². The predicted molar refractivity (Wildman–Crippen MR) is 60.9 cm³/mol. The van der Waals surface area contributed by atoms with E-state index in [1.807, 2.05) is 24.3 Å². The topological polar surface area (TPSA) is 21.3 Å². The van der Waals surface area contributed by atoms with Gasteiger partial charge in [-0.3, -0.25) is 0 Å². The Morgan fingerprint density at radius 2 is 1.79 bits per heavy atom. The molecule has 0 radical (unpaired) electrons. The fraction of sp³-hybridized carbons (Fsp3) is 0.500. The lowest BCUT2D eigenvalue weighted by Gasteiger charge is -2.20. The van der Waals surface area contributed by atoms with Gasteiger partial charge in [0.05, 0.1) is 12.8 Å². The van der Waals surface area contributed by atoms with Crippen molar-refractivity contribution in [2.45, 2.75) is 26.8 Å². The van der Waals surface area contributed by atoms with E-state index in [-0.39, 0.29) is 0 Å². The Balaban J connectivity index is 2.75. The van der Waals surface area contributed by atoms with Crippen molar-refractivity contribution in [1.82, 2.24) is 0 Å². The Hall–Kier alpha value is -1.18. The van der Waals surface area contributed by atoms with Gasteiger partial charge in [0.1, 0.15) is 5.75 Å². The molecule has 1 aromatic carbocycles. The summed E-state index contributed by atoms with van der Waals surface area (Å²) in [5.74, 6) is 1.51. The molecule has 2 heteroatoms. The van der Waals surface area contributed by atoms with E-state index in [9.17, 15) is 0 Å². The van der Waals surface area contributed by atoms with Crippen molar-refractivity contribution in [1.29, 1.82) is 0 Å². The van der Waals surface area contributed by atoms with Crippen LogP contribution < -0.4 is 10.1 Å². The summed E-state index contributed by atoms with van der Waals surface area (Å²) in [6, 6.07) is 8.45. The summed E-state index contributed by atoms with van der Waals surface area (Å²) in [6.45, 7) is 6.58. The van der Waals surface area contributed by atoms with Gasteiger partial charge in [-0.2, -0.15) is 0 Å². The van der Waals surface area contributed by atoms with Gasteiger partial charge in [-0.15, -0.1) is 0 Å². The first kappa shape index (κ1) is 10.9. The molecule has 0 aliphatic heterocycles. The SMILES string of the molecule is COc1ccccc1N[C@H](C)C(C)C. The zero-order chi connectivity index (χ0) is 10.6. The van der Waals surface area contributed by atoms with Crippen LogP contribution in [0.15, 0.2) is 24.3 Å². The van der Waals surface area contributed by atoms with E-state index < -0.39 is 0 Å². The van der Waals surface area contributed by atoms with Gasteiger partial charge in [0.2, 0.25) is 0 Å². The monoisotopic (exact) mass is 193 g/mol. The van der Waals surface area contributed by atoms with Crippen LogP contribution in [0.25, 0.3) is 0 Å². The van der Waals surface area contributed by atoms with Crippen LogP contribution in [0.2, 0.25) is 0 Å².